The van der Waals surface area contributed by atoms with Gasteiger partial charge in [-0.15, -0.1) is 0 Å². The zero-order chi connectivity index (χ0) is 14.7. The number of hydrogen-bond acceptors (Lipinski definition) is 3. The summed E-state index contributed by atoms with van der Waals surface area (Å²) in [4.78, 5) is 1.22. The summed E-state index contributed by atoms with van der Waals surface area (Å²) in [6.45, 7) is 7.21. The van der Waals surface area contributed by atoms with Crippen LogP contribution < -0.4 is 5.32 Å². The molecule has 0 amide bonds. The SMILES string of the molecule is Cc1cc(Sc2ccc(CNC(C)C)c(Br)c2)n(C)n1. The molecule has 0 aliphatic carbocycles. The monoisotopic (exact) mass is 353 g/mol. The van der Waals surface area contributed by atoms with Crippen LogP contribution in [-0.4, -0.2) is 15.8 Å². The van der Waals surface area contributed by atoms with Crippen LogP contribution in [-0.2, 0) is 13.6 Å². The fraction of sp³-hybridized carbons (Fsp3) is 0.400. The predicted octanol–water partition coefficient (Wildman–Crippen LogP) is 4.14. The first-order valence-corrected chi connectivity index (χ1v) is 8.27. The van der Waals surface area contributed by atoms with Gasteiger partial charge in [-0.2, -0.15) is 5.10 Å². The summed E-state index contributed by atoms with van der Waals surface area (Å²) in [5.74, 6) is 0. The van der Waals surface area contributed by atoms with Gasteiger partial charge in [0.15, 0.2) is 0 Å². The summed E-state index contributed by atoms with van der Waals surface area (Å²) in [6, 6.07) is 9.10. The van der Waals surface area contributed by atoms with E-state index in [-0.39, 0.29) is 0 Å². The number of hydrogen-bond donors (Lipinski definition) is 1. The van der Waals surface area contributed by atoms with Crippen LogP contribution in [0.15, 0.2) is 38.7 Å². The average molecular weight is 354 g/mol. The fourth-order valence-corrected chi connectivity index (χ4v) is 3.48. The molecule has 0 saturated carbocycles. The highest BCUT2D eigenvalue weighted by Gasteiger charge is 2.07. The standard InChI is InChI=1S/C15H20BrN3S/c1-10(2)17-9-12-5-6-13(8-14(12)16)20-15-7-11(3)18-19(15)4/h5-8,10,17H,9H2,1-4H3. The Kier molecular flexibility index (Phi) is 5.29. The lowest BCUT2D eigenvalue weighted by molar-refractivity contribution is 0.587. The molecule has 5 heteroatoms. The van der Waals surface area contributed by atoms with Crippen LogP contribution in [0, 0.1) is 6.92 Å². The van der Waals surface area contributed by atoms with E-state index < -0.39 is 0 Å². The first-order chi connectivity index (χ1) is 9.45. The lowest BCUT2D eigenvalue weighted by Gasteiger charge is -2.11. The van der Waals surface area contributed by atoms with Gasteiger partial charge in [-0.05, 0) is 30.7 Å². The molecule has 0 aliphatic heterocycles. The van der Waals surface area contributed by atoms with Crippen LogP contribution in [0.25, 0.3) is 0 Å². The minimum absolute atomic E-state index is 0.494. The van der Waals surface area contributed by atoms with Crippen molar-refractivity contribution in [2.24, 2.45) is 7.05 Å². The number of halogens is 1. The highest BCUT2D eigenvalue weighted by Crippen LogP contribution is 2.31. The minimum Gasteiger partial charge on any atom is -0.310 e. The normalized spacial score (nSPS) is 11.3. The van der Waals surface area contributed by atoms with Crippen LogP contribution in [0.3, 0.4) is 0 Å². The molecule has 1 N–H and O–H groups in total. The van der Waals surface area contributed by atoms with Crippen molar-refractivity contribution in [1.82, 2.24) is 15.1 Å². The second-order valence-corrected chi connectivity index (χ2v) is 7.09. The molecular weight excluding hydrogens is 334 g/mol. The lowest BCUT2D eigenvalue weighted by atomic mass is 10.2. The summed E-state index contributed by atoms with van der Waals surface area (Å²) in [6.07, 6.45) is 0. The number of aromatic nitrogens is 2. The van der Waals surface area contributed by atoms with Crippen molar-refractivity contribution in [2.75, 3.05) is 0 Å². The molecular formula is C15H20BrN3S. The molecule has 0 saturated heterocycles. The molecule has 1 aromatic carbocycles. The largest absolute Gasteiger partial charge is 0.310 e. The van der Waals surface area contributed by atoms with Crippen LogP contribution in [0.2, 0.25) is 0 Å². The van der Waals surface area contributed by atoms with Gasteiger partial charge in [0.2, 0.25) is 0 Å². The predicted molar refractivity (Wildman–Crippen MR) is 88.2 cm³/mol. The van der Waals surface area contributed by atoms with Crippen molar-refractivity contribution in [1.29, 1.82) is 0 Å². The van der Waals surface area contributed by atoms with Crippen molar-refractivity contribution in [3.63, 3.8) is 0 Å². The number of benzene rings is 1. The fourth-order valence-electron chi connectivity index (χ4n) is 1.85. The number of aryl methyl sites for hydroxylation is 2. The summed E-state index contributed by atoms with van der Waals surface area (Å²) in [5, 5.41) is 8.96. The van der Waals surface area contributed by atoms with E-state index in [0.29, 0.717) is 6.04 Å². The van der Waals surface area contributed by atoms with E-state index in [1.54, 1.807) is 11.8 Å². The molecule has 1 aromatic heterocycles. The summed E-state index contributed by atoms with van der Waals surface area (Å²) < 4.78 is 3.07. The lowest BCUT2D eigenvalue weighted by Crippen LogP contribution is -2.21. The van der Waals surface area contributed by atoms with Gasteiger partial charge in [0.1, 0.15) is 0 Å². The molecule has 3 nitrogen and oxygen atoms in total. The topological polar surface area (TPSA) is 29.9 Å². The third kappa shape index (κ3) is 4.11. The van der Waals surface area contributed by atoms with Crippen molar-refractivity contribution < 1.29 is 0 Å². The molecule has 108 valence electrons. The van der Waals surface area contributed by atoms with Crippen LogP contribution in [0.5, 0.6) is 0 Å². The molecule has 20 heavy (non-hydrogen) atoms. The van der Waals surface area contributed by atoms with E-state index in [9.17, 15) is 0 Å². The number of nitrogens with one attached hydrogen (secondary N) is 1. The molecule has 1 heterocycles. The van der Waals surface area contributed by atoms with E-state index >= 15 is 0 Å². The minimum atomic E-state index is 0.494. The average Bonchev–Trinajstić information content (AvgIpc) is 2.66. The molecule has 0 atom stereocenters. The first-order valence-electron chi connectivity index (χ1n) is 6.66. The van der Waals surface area contributed by atoms with Gasteiger partial charge in [-0.3, -0.25) is 4.68 Å². The molecule has 0 unspecified atom stereocenters. The van der Waals surface area contributed by atoms with Crippen LogP contribution >= 0.6 is 27.7 Å². The summed E-state index contributed by atoms with van der Waals surface area (Å²) in [7, 11) is 1.98. The Hall–Kier alpha value is -0.780. The van der Waals surface area contributed by atoms with Gasteiger partial charge < -0.3 is 5.32 Å². The Balaban J connectivity index is 2.10. The molecule has 2 rings (SSSR count). The molecule has 0 radical (unpaired) electrons. The highest BCUT2D eigenvalue weighted by atomic mass is 79.9. The molecule has 2 aromatic rings. The van der Waals surface area contributed by atoms with Gasteiger partial charge in [-0.25, -0.2) is 0 Å². The van der Waals surface area contributed by atoms with E-state index in [2.05, 4.69) is 64.5 Å². The van der Waals surface area contributed by atoms with Gasteiger partial charge in [0.05, 0.1) is 10.7 Å². The maximum absolute atomic E-state index is 4.37. The van der Waals surface area contributed by atoms with Gasteiger partial charge in [-0.1, -0.05) is 47.6 Å². The summed E-state index contributed by atoms with van der Waals surface area (Å²) >= 11 is 5.39. The van der Waals surface area contributed by atoms with Crippen molar-refractivity contribution in [2.45, 2.75) is 43.3 Å². The second kappa shape index (κ2) is 6.78. The van der Waals surface area contributed by atoms with Gasteiger partial charge in [0.25, 0.3) is 0 Å². The Labute approximate surface area is 133 Å². The van der Waals surface area contributed by atoms with Gasteiger partial charge in [0, 0.05) is 29.0 Å². The van der Waals surface area contributed by atoms with E-state index in [4.69, 9.17) is 0 Å². The zero-order valence-corrected chi connectivity index (χ0v) is 14.7. The molecule has 0 spiro atoms. The Morgan fingerprint density at radius 1 is 1.35 bits per heavy atom. The van der Waals surface area contributed by atoms with Crippen molar-refractivity contribution in [3.8, 4) is 0 Å². The maximum Gasteiger partial charge on any atom is 0.0986 e. The third-order valence-corrected chi connectivity index (χ3v) is 4.73. The number of rotatable bonds is 5. The first kappa shape index (κ1) is 15.6. The van der Waals surface area contributed by atoms with Crippen LogP contribution in [0.4, 0.5) is 0 Å². The molecule has 0 aliphatic rings. The van der Waals surface area contributed by atoms with Crippen molar-refractivity contribution >= 4 is 27.7 Å². The Morgan fingerprint density at radius 2 is 2.10 bits per heavy atom. The smallest absolute Gasteiger partial charge is 0.0986 e. The quantitative estimate of drug-likeness (QED) is 0.875. The summed E-state index contributed by atoms with van der Waals surface area (Å²) in [5.41, 5.74) is 2.33. The maximum atomic E-state index is 4.37. The molecule has 0 bridgehead atoms. The molecule has 0 fully saturated rings. The number of nitrogens with zero attached hydrogens (tertiary/aromatic N) is 2. The van der Waals surface area contributed by atoms with E-state index in [1.165, 1.54) is 10.5 Å². The van der Waals surface area contributed by atoms with Gasteiger partial charge >= 0.3 is 0 Å². The Morgan fingerprint density at radius 3 is 2.65 bits per heavy atom. The zero-order valence-electron chi connectivity index (χ0n) is 12.3. The highest BCUT2D eigenvalue weighted by molar-refractivity contribution is 9.10. The second-order valence-electron chi connectivity index (χ2n) is 5.14. The Bertz CT molecular complexity index is 593. The van der Waals surface area contributed by atoms with Crippen molar-refractivity contribution in [3.05, 3.63) is 40.0 Å². The third-order valence-electron chi connectivity index (χ3n) is 2.91. The van der Waals surface area contributed by atoms with E-state index in [1.807, 2.05) is 18.7 Å². The van der Waals surface area contributed by atoms with E-state index in [0.717, 1.165) is 21.7 Å². The van der Waals surface area contributed by atoms with Crippen LogP contribution in [0.1, 0.15) is 25.1 Å².